The van der Waals surface area contributed by atoms with E-state index in [1.807, 2.05) is 76.2 Å². The molecule has 26 heteroatoms. The highest BCUT2D eigenvalue weighted by Crippen LogP contribution is 2.31. The van der Waals surface area contributed by atoms with Crippen LogP contribution in [0.1, 0.15) is 321 Å². The Labute approximate surface area is 614 Å². The van der Waals surface area contributed by atoms with Gasteiger partial charge >= 0.3 is 77.6 Å². The summed E-state index contributed by atoms with van der Waals surface area (Å²) in [5.41, 5.74) is -0.819. The van der Waals surface area contributed by atoms with Crippen LogP contribution in [0.15, 0.2) is 0 Å². The molecule has 5 N–H and O–H groups in total. The first-order valence-corrected chi connectivity index (χ1v) is 38.1. The average molecular weight is 1480 g/mol. The Kier molecular flexibility index (Phi) is 66.7. The molecule has 0 heterocycles. The highest BCUT2D eigenvalue weighted by Gasteiger charge is 2.37. The molecule has 103 heavy (non-hydrogen) atoms. The summed E-state index contributed by atoms with van der Waals surface area (Å²) >= 11 is 0. The molecule has 0 aromatic rings. The molecular formula is C77H136O26. The van der Waals surface area contributed by atoms with Crippen molar-refractivity contribution in [3.63, 3.8) is 0 Å². The molecule has 1 saturated carbocycles. The van der Waals surface area contributed by atoms with E-state index in [9.17, 15) is 62.3 Å². The fraction of sp³-hybridized carbons (Fsp3) is 0.831. The Hall–Kier alpha value is -6.89. The number of carboxylic acids is 5. The minimum Gasteiger partial charge on any atom is -0.481 e. The van der Waals surface area contributed by atoms with Crippen LogP contribution in [-0.2, 0) is 100 Å². The standard InChI is InChI=1S/C19H34O6.C18H32O6.C15H24O6.C13H24O4.C12H22O4/c1-4-19(2,3)18(23)25-15-10-6-5-9-13-17(22)24-14-11-7-8-12-16(20)21;1-3-15(2)18(22)24-14-9-5-4-8-12-17(21)23-13-10-6-7-11-16(19)20;1-3-10(2)14(18)20-8-9-21-15(19)12-7-5-4-6-11(12)13(16)17;1-4-13(2,3)12(16)17-10-8-6-5-7-9-11(14)15;1-3-10(2)12(15)16-9-7-5-4-6-8-11(13)14/h4-15H2,1-3H3,(H,20,21);15H,3-14H2,1-2H3,(H,19,20);10-12H,3-9H2,1-2H3,(H,16,17);4-10H2,1-3H3,(H,14,15);10H,3-9H2,1-2H3,(H,13,14). The lowest BCUT2D eigenvalue weighted by atomic mass is 9.79. The first-order chi connectivity index (χ1) is 48.7. The van der Waals surface area contributed by atoms with Crippen LogP contribution in [0.25, 0.3) is 0 Å². The van der Waals surface area contributed by atoms with Gasteiger partial charge in [0.2, 0.25) is 0 Å². The van der Waals surface area contributed by atoms with Gasteiger partial charge in [-0.25, -0.2) is 0 Å². The third-order valence-electron chi connectivity index (χ3n) is 17.5. The summed E-state index contributed by atoms with van der Waals surface area (Å²) in [5.74, 6) is -7.26. The first-order valence-electron chi connectivity index (χ1n) is 38.1. The summed E-state index contributed by atoms with van der Waals surface area (Å²) in [6.45, 7) is 25.2. The second-order valence-electron chi connectivity index (χ2n) is 27.5. The van der Waals surface area contributed by atoms with Crippen molar-refractivity contribution < 1.29 is 126 Å². The van der Waals surface area contributed by atoms with Crippen molar-refractivity contribution in [1.82, 2.24) is 0 Å². The number of carbonyl (C=O) groups excluding carboxylic acids is 8. The number of ether oxygens (including phenoxy) is 8. The Morgan fingerprint density at radius 3 is 0.835 bits per heavy atom. The summed E-state index contributed by atoms with van der Waals surface area (Å²) in [7, 11) is 0. The van der Waals surface area contributed by atoms with E-state index < -0.39 is 58.5 Å². The van der Waals surface area contributed by atoms with E-state index in [0.29, 0.717) is 110 Å². The molecule has 0 aromatic heterocycles. The monoisotopic (exact) mass is 1480 g/mol. The smallest absolute Gasteiger partial charge is 0.311 e. The summed E-state index contributed by atoms with van der Waals surface area (Å²) in [6.07, 6.45) is 25.8. The Morgan fingerprint density at radius 1 is 0.311 bits per heavy atom. The van der Waals surface area contributed by atoms with E-state index in [2.05, 4.69) is 0 Å². The highest BCUT2D eigenvalue weighted by molar-refractivity contribution is 5.81. The van der Waals surface area contributed by atoms with Crippen LogP contribution >= 0.6 is 0 Å². The summed E-state index contributed by atoms with van der Waals surface area (Å²) in [4.78, 5) is 145. The number of hydrogen-bond donors (Lipinski definition) is 5. The number of hydrogen-bond acceptors (Lipinski definition) is 21. The fourth-order valence-corrected chi connectivity index (χ4v) is 8.92. The van der Waals surface area contributed by atoms with Crippen molar-refractivity contribution in [3.05, 3.63) is 0 Å². The van der Waals surface area contributed by atoms with Crippen LogP contribution in [0.3, 0.4) is 0 Å². The van der Waals surface area contributed by atoms with E-state index in [1.165, 1.54) is 0 Å². The van der Waals surface area contributed by atoms with Gasteiger partial charge in [-0.1, -0.05) is 120 Å². The van der Waals surface area contributed by atoms with E-state index >= 15 is 0 Å². The SMILES string of the molecule is CCC(C)(C)C(=O)OCCCCCCC(=O)O.CCC(C)(C)C(=O)OCCCCCCC(=O)OCCCCCC(=O)O.CCC(C)C(=O)OCCCCCCC(=O)O.CCC(C)C(=O)OCCCCCCC(=O)OCCCCCC(=O)O.CCC(C)C(=O)OCCOC(=O)C1CCCCC1C(=O)O. The van der Waals surface area contributed by atoms with Gasteiger partial charge in [0.25, 0.3) is 0 Å². The zero-order valence-corrected chi connectivity index (χ0v) is 65.0. The summed E-state index contributed by atoms with van der Waals surface area (Å²) in [6, 6.07) is 0. The largest absolute Gasteiger partial charge is 0.481 e. The number of carboxylic acid groups (broad SMARTS) is 5. The van der Waals surface area contributed by atoms with Gasteiger partial charge in [0.15, 0.2) is 0 Å². The minimum atomic E-state index is -0.945. The molecular weight excluding hydrogens is 1340 g/mol. The molecule has 0 saturated heterocycles. The summed E-state index contributed by atoms with van der Waals surface area (Å²) < 4.78 is 40.9. The van der Waals surface area contributed by atoms with Gasteiger partial charge in [0.05, 0.1) is 80.1 Å². The van der Waals surface area contributed by atoms with Crippen LogP contribution in [0.2, 0.25) is 0 Å². The van der Waals surface area contributed by atoms with E-state index in [-0.39, 0.29) is 98.4 Å². The van der Waals surface area contributed by atoms with Crippen LogP contribution < -0.4 is 0 Å². The normalized spacial score (nSPS) is 13.9. The third-order valence-corrected chi connectivity index (χ3v) is 17.5. The van der Waals surface area contributed by atoms with E-state index in [0.717, 1.165) is 141 Å². The second-order valence-corrected chi connectivity index (χ2v) is 27.5. The Morgan fingerprint density at radius 2 is 0.553 bits per heavy atom. The van der Waals surface area contributed by atoms with Crippen LogP contribution in [0, 0.1) is 40.4 Å². The molecule has 600 valence electrons. The van der Waals surface area contributed by atoms with Gasteiger partial charge in [-0.05, 0) is 163 Å². The molecule has 1 aliphatic rings. The van der Waals surface area contributed by atoms with E-state index in [1.54, 1.807) is 6.92 Å². The topological polar surface area (TPSA) is 397 Å². The molecule has 0 amide bonds. The maximum Gasteiger partial charge on any atom is 0.311 e. The average Bonchev–Trinajstić information content (AvgIpc) is 0.857. The van der Waals surface area contributed by atoms with Gasteiger partial charge in [-0.3, -0.25) is 62.3 Å². The van der Waals surface area contributed by atoms with Crippen molar-refractivity contribution in [2.24, 2.45) is 40.4 Å². The zero-order valence-electron chi connectivity index (χ0n) is 65.0. The van der Waals surface area contributed by atoms with Gasteiger partial charge in [0, 0.05) is 38.5 Å². The minimum absolute atomic E-state index is 0.0133. The molecule has 26 nitrogen and oxygen atoms in total. The molecule has 5 unspecified atom stereocenters. The predicted molar refractivity (Wildman–Crippen MR) is 387 cm³/mol. The molecule has 0 radical (unpaired) electrons. The quantitative estimate of drug-likeness (QED) is 0.0214. The number of esters is 8. The molecule has 5 atom stereocenters. The van der Waals surface area contributed by atoms with Gasteiger partial charge < -0.3 is 63.4 Å². The molecule has 1 aliphatic carbocycles. The lowest BCUT2D eigenvalue weighted by Crippen LogP contribution is -2.34. The van der Waals surface area contributed by atoms with Crippen LogP contribution in [0.4, 0.5) is 0 Å². The predicted octanol–water partition coefficient (Wildman–Crippen LogP) is 15.4. The number of rotatable bonds is 55. The first kappa shape index (κ1) is 102. The second kappa shape index (κ2) is 67.0. The lowest BCUT2D eigenvalue weighted by molar-refractivity contribution is -0.163. The maximum absolute atomic E-state index is 11.9. The van der Waals surface area contributed by atoms with Crippen molar-refractivity contribution in [1.29, 1.82) is 0 Å². The summed E-state index contributed by atoms with van der Waals surface area (Å²) in [5, 5.41) is 42.9. The molecule has 1 rings (SSSR count). The molecule has 0 aromatic carbocycles. The molecule has 0 aliphatic heterocycles. The zero-order chi connectivity index (χ0) is 78.9. The van der Waals surface area contributed by atoms with Crippen molar-refractivity contribution in [2.45, 2.75) is 321 Å². The Balaban J connectivity index is -0.000000601. The third kappa shape index (κ3) is 64.4. The van der Waals surface area contributed by atoms with Crippen LogP contribution in [-0.4, -0.2) is 156 Å². The number of aliphatic carboxylic acids is 5. The molecule has 0 spiro atoms. The van der Waals surface area contributed by atoms with Crippen molar-refractivity contribution in [3.8, 4) is 0 Å². The van der Waals surface area contributed by atoms with Gasteiger partial charge in [0.1, 0.15) is 13.2 Å². The van der Waals surface area contributed by atoms with Crippen molar-refractivity contribution >= 4 is 77.6 Å². The Bertz CT molecular complexity index is 2330. The van der Waals surface area contributed by atoms with Gasteiger partial charge in [-0.2, -0.15) is 0 Å². The number of unbranched alkanes of at least 4 members (excludes halogenated alkanes) is 16. The maximum atomic E-state index is 11.9. The fourth-order valence-electron chi connectivity index (χ4n) is 8.92. The van der Waals surface area contributed by atoms with E-state index in [4.69, 9.17) is 63.4 Å². The van der Waals surface area contributed by atoms with Crippen LogP contribution in [0.5, 0.6) is 0 Å². The van der Waals surface area contributed by atoms with Crippen molar-refractivity contribution in [2.75, 3.05) is 52.9 Å². The number of carbonyl (C=O) groups is 13. The highest BCUT2D eigenvalue weighted by atomic mass is 16.6. The lowest BCUT2D eigenvalue weighted by Gasteiger charge is -2.26. The molecule has 1 fully saturated rings. The van der Waals surface area contributed by atoms with Gasteiger partial charge in [-0.15, -0.1) is 0 Å². The molecule has 0 bridgehead atoms.